The highest BCUT2D eigenvalue weighted by Gasteiger charge is 2.25. The zero-order chi connectivity index (χ0) is 18.9. The van der Waals surface area contributed by atoms with Crippen LogP contribution in [0.3, 0.4) is 0 Å². The molecule has 27 heavy (non-hydrogen) atoms. The van der Waals surface area contributed by atoms with E-state index in [9.17, 15) is 4.79 Å². The van der Waals surface area contributed by atoms with E-state index in [2.05, 4.69) is 22.5 Å². The van der Waals surface area contributed by atoms with Crippen LogP contribution in [0.4, 0.5) is 17.1 Å². The predicted octanol–water partition coefficient (Wildman–Crippen LogP) is 7.04. The number of nitrogens with zero attached hydrogens (tertiary/aromatic N) is 2. The standard InChI is InChI=1S/C23H29N3O/c1-2-3-7-18-10-12-19(13-11-18)23(27)24-20-14-16-22(17-15-20)26-25-21-8-5-4-6-9-21/h4-6,8-9,14-19H,2-3,7,10-13H2,1H3,(H,24,27). The van der Waals surface area contributed by atoms with E-state index < -0.39 is 0 Å². The highest BCUT2D eigenvalue weighted by Crippen LogP contribution is 2.32. The zero-order valence-electron chi connectivity index (χ0n) is 16.1. The molecule has 0 aliphatic heterocycles. The maximum atomic E-state index is 12.5. The summed E-state index contributed by atoms with van der Waals surface area (Å²) in [5.74, 6) is 1.13. The normalized spacial score (nSPS) is 19.9. The number of anilines is 1. The lowest BCUT2D eigenvalue weighted by molar-refractivity contribution is -0.121. The van der Waals surface area contributed by atoms with E-state index in [1.807, 2.05) is 54.6 Å². The fourth-order valence-electron chi connectivity index (χ4n) is 3.67. The number of carbonyl (C=O) groups excluding carboxylic acids is 1. The fourth-order valence-corrected chi connectivity index (χ4v) is 3.67. The Hall–Kier alpha value is -2.49. The van der Waals surface area contributed by atoms with E-state index in [-0.39, 0.29) is 11.8 Å². The Morgan fingerprint density at radius 3 is 2.19 bits per heavy atom. The summed E-state index contributed by atoms with van der Waals surface area (Å²) in [7, 11) is 0. The summed E-state index contributed by atoms with van der Waals surface area (Å²) < 4.78 is 0. The highest BCUT2D eigenvalue weighted by molar-refractivity contribution is 5.92. The number of benzene rings is 2. The van der Waals surface area contributed by atoms with Crippen molar-refractivity contribution in [1.29, 1.82) is 0 Å². The van der Waals surface area contributed by atoms with Crippen molar-refractivity contribution >= 4 is 23.0 Å². The van der Waals surface area contributed by atoms with E-state index in [4.69, 9.17) is 0 Å². The van der Waals surface area contributed by atoms with Gasteiger partial charge in [-0.3, -0.25) is 4.79 Å². The van der Waals surface area contributed by atoms with E-state index >= 15 is 0 Å². The van der Waals surface area contributed by atoms with Crippen LogP contribution in [0.15, 0.2) is 64.8 Å². The van der Waals surface area contributed by atoms with Gasteiger partial charge < -0.3 is 5.32 Å². The van der Waals surface area contributed by atoms with Gasteiger partial charge in [-0.05, 0) is 68.0 Å². The Labute approximate surface area is 162 Å². The number of azo groups is 1. The summed E-state index contributed by atoms with van der Waals surface area (Å²) in [4.78, 5) is 12.5. The van der Waals surface area contributed by atoms with Gasteiger partial charge in [-0.25, -0.2) is 0 Å². The Balaban J connectivity index is 1.48. The minimum Gasteiger partial charge on any atom is -0.326 e. The first-order chi connectivity index (χ1) is 13.2. The van der Waals surface area contributed by atoms with Crippen LogP contribution in [0, 0.1) is 11.8 Å². The molecule has 0 radical (unpaired) electrons. The number of hydrogen-bond acceptors (Lipinski definition) is 3. The lowest BCUT2D eigenvalue weighted by Crippen LogP contribution is -2.27. The average Bonchev–Trinajstić information content (AvgIpc) is 2.73. The largest absolute Gasteiger partial charge is 0.326 e. The number of hydrogen-bond donors (Lipinski definition) is 1. The van der Waals surface area contributed by atoms with Crippen molar-refractivity contribution < 1.29 is 4.79 Å². The van der Waals surface area contributed by atoms with Crippen LogP contribution < -0.4 is 5.32 Å². The molecule has 2 aromatic rings. The van der Waals surface area contributed by atoms with Crippen LogP contribution in [0.2, 0.25) is 0 Å². The molecule has 0 spiro atoms. The third kappa shape index (κ3) is 6.02. The first kappa shape index (κ1) is 19.3. The smallest absolute Gasteiger partial charge is 0.227 e. The number of amides is 1. The van der Waals surface area contributed by atoms with Gasteiger partial charge >= 0.3 is 0 Å². The quantitative estimate of drug-likeness (QED) is 0.527. The van der Waals surface area contributed by atoms with Gasteiger partial charge in [0.1, 0.15) is 0 Å². The Morgan fingerprint density at radius 2 is 1.56 bits per heavy atom. The Bertz CT molecular complexity index is 732. The topological polar surface area (TPSA) is 53.8 Å². The molecule has 1 aliphatic rings. The first-order valence-electron chi connectivity index (χ1n) is 10.1. The third-order valence-electron chi connectivity index (χ3n) is 5.36. The molecule has 0 atom stereocenters. The maximum absolute atomic E-state index is 12.5. The van der Waals surface area contributed by atoms with Gasteiger partial charge in [0.2, 0.25) is 5.91 Å². The lowest BCUT2D eigenvalue weighted by atomic mass is 9.79. The summed E-state index contributed by atoms with van der Waals surface area (Å²) in [6.07, 6.45) is 8.32. The van der Waals surface area contributed by atoms with Crippen LogP contribution in [0.25, 0.3) is 0 Å². The molecule has 4 nitrogen and oxygen atoms in total. The predicted molar refractivity (Wildman–Crippen MR) is 111 cm³/mol. The van der Waals surface area contributed by atoms with Crippen molar-refractivity contribution in [1.82, 2.24) is 0 Å². The average molecular weight is 364 g/mol. The second kappa shape index (κ2) is 10.0. The molecule has 1 amide bonds. The van der Waals surface area contributed by atoms with Gasteiger partial charge in [-0.15, -0.1) is 0 Å². The van der Waals surface area contributed by atoms with Crippen molar-refractivity contribution in [3.8, 4) is 0 Å². The minimum atomic E-state index is 0.153. The molecule has 1 N–H and O–H groups in total. The zero-order valence-corrected chi connectivity index (χ0v) is 16.1. The molecule has 0 bridgehead atoms. The van der Waals surface area contributed by atoms with Gasteiger partial charge in [0.05, 0.1) is 11.4 Å². The lowest BCUT2D eigenvalue weighted by Gasteiger charge is -2.27. The van der Waals surface area contributed by atoms with Crippen molar-refractivity contribution in [2.75, 3.05) is 5.32 Å². The van der Waals surface area contributed by atoms with Gasteiger partial charge in [-0.1, -0.05) is 44.4 Å². The molecule has 3 rings (SSSR count). The van der Waals surface area contributed by atoms with Crippen molar-refractivity contribution in [2.45, 2.75) is 51.9 Å². The molecular formula is C23H29N3O. The monoisotopic (exact) mass is 363 g/mol. The molecule has 1 fully saturated rings. The molecule has 1 aliphatic carbocycles. The molecule has 0 heterocycles. The third-order valence-corrected chi connectivity index (χ3v) is 5.36. The number of nitrogens with one attached hydrogen (secondary N) is 1. The van der Waals surface area contributed by atoms with E-state index in [0.29, 0.717) is 0 Å². The Kier molecular flexibility index (Phi) is 7.14. The van der Waals surface area contributed by atoms with Gasteiger partial charge in [0, 0.05) is 11.6 Å². The first-order valence-corrected chi connectivity index (χ1v) is 10.1. The second-order valence-electron chi connectivity index (χ2n) is 7.43. The molecular weight excluding hydrogens is 334 g/mol. The second-order valence-corrected chi connectivity index (χ2v) is 7.43. The van der Waals surface area contributed by atoms with Crippen molar-refractivity contribution in [2.24, 2.45) is 22.1 Å². The SMILES string of the molecule is CCCCC1CCC(C(=O)Nc2ccc(N=Nc3ccccc3)cc2)CC1. The number of unbranched alkanes of at least 4 members (excludes halogenated alkanes) is 1. The molecule has 142 valence electrons. The van der Waals surface area contributed by atoms with Crippen LogP contribution in [0.1, 0.15) is 51.9 Å². The summed E-state index contributed by atoms with van der Waals surface area (Å²) in [6.45, 7) is 2.24. The molecule has 0 saturated heterocycles. The summed E-state index contributed by atoms with van der Waals surface area (Å²) in [6, 6.07) is 17.2. The van der Waals surface area contributed by atoms with Gasteiger partial charge in [0.15, 0.2) is 0 Å². The molecule has 4 heteroatoms. The Morgan fingerprint density at radius 1 is 0.926 bits per heavy atom. The van der Waals surface area contributed by atoms with Crippen LogP contribution in [0.5, 0.6) is 0 Å². The summed E-state index contributed by atoms with van der Waals surface area (Å²) in [5, 5.41) is 11.5. The maximum Gasteiger partial charge on any atom is 0.227 e. The summed E-state index contributed by atoms with van der Waals surface area (Å²) in [5.41, 5.74) is 2.42. The molecule has 2 aromatic carbocycles. The van der Waals surface area contributed by atoms with E-state index in [1.165, 1.54) is 32.1 Å². The van der Waals surface area contributed by atoms with E-state index in [0.717, 1.165) is 35.8 Å². The van der Waals surface area contributed by atoms with Crippen LogP contribution in [-0.2, 0) is 4.79 Å². The number of carbonyl (C=O) groups is 1. The highest BCUT2D eigenvalue weighted by atomic mass is 16.1. The van der Waals surface area contributed by atoms with Crippen molar-refractivity contribution in [3.05, 3.63) is 54.6 Å². The van der Waals surface area contributed by atoms with Crippen LogP contribution in [-0.4, -0.2) is 5.91 Å². The fraction of sp³-hybridized carbons (Fsp3) is 0.435. The molecule has 0 aromatic heterocycles. The minimum absolute atomic E-state index is 0.153. The van der Waals surface area contributed by atoms with Gasteiger partial charge in [0.25, 0.3) is 0 Å². The molecule has 0 unspecified atom stereocenters. The summed E-state index contributed by atoms with van der Waals surface area (Å²) >= 11 is 0. The van der Waals surface area contributed by atoms with Gasteiger partial charge in [-0.2, -0.15) is 10.2 Å². The molecule has 1 saturated carbocycles. The van der Waals surface area contributed by atoms with Crippen molar-refractivity contribution in [3.63, 3.8) is 0 Å². The van der Waals surface area contributed by atoms with E-state index in [1.54, 1.807) is 0 Å². The number of rotatable bonds is 7. The van der Waals surface area contributed by atoms with Crippen LogP contribution >= 0.6 is 0 Å².